The number of carbonyl (C=O) groups is 1. The quantitative estimate of drug-likeness (QED) is 0.189. The molecule has 2 aromatic rings. The van der Waals surface area contributed by atoms with Crippen LogP contribution in [0.15, 0.2) is 17.0 Å². The third-order valence-electron chi connectivity index (χ3n) is 5.10. The van der Waals surface area contributed by atoms with Crippen LogP contribution in [0.4, 0.5) is 37.0 Å². The van der Waals surface area contributed by atoms with Crippen LogP contribution in [0.3, 0.4) is 0 Å². The molecule has 20 heteroatoms. The van der Waals surface area contributed by atoms with Gasteiger partial charge in [0.1, 0.15) is 23.3 Å². The van der Waals surface area contributed by atoms with E-state index in [1.165, 1.54) is 13.2 Å². The first-order valence-electron chi connectivity index (χ1n) is 11.9. The number of amides is 1. The Kier molecular flexibility index (Phi) is 14.0. The molecule has 1 aromatic carbocycles. The number of nitriles is 1. The van der Waals surface area contributed by atoms with E-state index in [1.807, 2.05) is 0 Å². The summed E-state index contributed by atoms with van der Waals surface area (Å²) in [5.41, 5.74) is -8.42. The summed E-state index contributed by atoms with van der Waals surface area (Å²) in [5.74, 6) is -0.942. The Balaban J connectivity index is 2.24. The third kappa shape index (κ3) is 10.2. The minimum atomic E-state index is -5.43. The molecule has 0 aliphatic rings. The normalized spacial score (nSPS) is 12.7. The zero-order valence-electron chi connectivity index (χ0n) is 22.4. The first kappa shape index (κ1) is 36.5. The van der Waals surface area contributed by atoms with E-state index in [0.29, 0.717) is 48.1 Å². The van der Waals surface area contributed by atoms with Gasteiger partial charge in [0.15, 0.2) is 22.3 Å². The van der Waals surface area contributed by atoms with E-state index >= 15 is 0 Å². The maximum atomic E-state index is 13.5. The second-order valence-electron chi connectivity index (χ2n) is 8.03. The molecule has 0 aliphatic heterocycles. The first-order valence-corrected chi connectivity index (χ1v) is 13.8. The van der Waals surface area contributed by atoms with Crippen molar-refractivity contribution >= 4 is 45.9 Å². The van der Waals surface area contributed by atoms with Gasteiger partial charge in [-0.15, -0.1) is 0 Å². The average molecular weight is 685 g/mol. The molecular weight excluding hydrogens is 661 g/mol. The van der Waals surface area contributed by atoms with Crippen LogP contribution in [-0.4, -0.2) is 92.6 Å². The number of halogens is 8. The molecule has 0 bridgehead atoms. The van der Waals surface area contributed by atoms with Crippen LogP contribution in [-0.2, 0) is 40.7 Å². The predicted molar refractivity (Wildman–Crippen MR) is 140 cm³/mol. The molecule has 0 aliphatic carbocycles. The lowest BCUT2D eigenvalue weighted by molar-refractivity contribution is -0.137. The highest BCUT2D eigenvalue weighted by Crippen LogP contribution is 2.42. The highest BCUT2D eigenvalue weighted by molar-refractivity contribution is 7.86. The molecule has 1 heterocycles. The maximum Gasteiger partial charge on any atom is 0.476 e. The number of alkyl halides is 6. The number of ether oxygens (including phenoxy) is 5. The number of carbonyl (C=O) groups excluding carboxylic acids is 1. The minimum Gasteiger partial charge on any atom is -0.447 e. The van der Waals surface area contributed by atoms with Crippen molar-refractivity contribution < 1.29 is 59.0 Å². The topological polar surface area (TPSA) is 125 Å². The standard InChI is InChI=1S/C23H24Cl2F6N4O7S/c1-34(21(36)42-10-9-41-8-7-40-6-5-39-4-3-38-2)20-19(43(37)23(29,30)31)17(13-32)33-35(20)18-15(24)11-14(12-16(18)25)22(26,27)28/h11-12H,3-10H2,1-2H3. The lowest BCUT2D eigenvalue weighted by Gasteiger charge is -2.21. The number of hydrogen-bond donors (Lipinski definition) is 0. The van der Waals surface area contributed by atoms with Crippen LogP contribution in [0.2, 0.25) is 10.0 Å². The lowest BCUT2D eigenvalue weighted by Crippen LogP contribution is -2.32. The van der Waals surface area contributed by atoms with Crippen LogP contribution in [0.1, 0.15) is 11.3 Å². The number of nitrogens with zero attached hydrogens (tertiary/aromatic N) is 4. The van der Waals surface area contributed by atoms with Gasteiger partial charge in [-0.2, -0.15) is 36.7 Å². The molecule has 43 heavy (non-hydrogen) atoms. The Morgan fingerprint density at radius 1 is 0.977 bits per heavy atom. The monoisotopic (exact) mass is 684 g/mol. The Bertz CT molecular complexity index is 1300. The van der Waals surface area contributed by atoms with E-state index in [2.05, 4.69) is 5.10 Å². The van der Waals surface area contributed by atoms with Crippen molar-refractivity contribution in [2.24, 2.45) is 0 Å². The van der Waals surface area contributed by atoms with Gasteiger partial charge in [-0.25, -0.2) is 13.7 Å². The van der Waals surface area contributed by atoms with Gasteiger partial charge in [0.2, 0.25) is 0 Å². The molecule has 1 aromatic heterocycles. The lowest BCUT2D eigenvalue weighted by atomic mass is 10.2. The van der Waals surface area contributed by atoms with Crippen LogP contribution in [0.5, 0.6) is 0 Å². The number of aromatic nitrogens is 2. The summed E-state index contributed by atoms with van der Waals surface area (Å²) in [6, 6.07) is 2.15. The largest absolute Gasteiger partial charge is 0.476 e. The number of rotatable bonds is 15. The minimum absolute atomic E-state index is 0.101. The van der Waals surface area contributed by atoms with Crippen molar-refractivity contribution in [1.82, 2.24) is 9.78 Å². The Morgan fingerprint density at radius 2 is 1.47 bits per heavy atom. The summed E-state index contributed by atoms with van der Waals surface area (Å²) in [7, 11) is -1.51. The van der Waals surface area contributed by atoms with Crippen molar-refractivity contribution in [3.63, 3.8) is 0 Å². The summed E-state index contributed by atoms with van der Waals surface area (Å²) < 4.78 is 119. The van der Waals surface area contributed by atoms with E-state index in [9.17, 15) is 40.6 Å². The Morgan fingerprint density at radius 3 is 1.91 bits per heavy atom. The van der Waals surface area contributed by atoms with Gasteiger partial charge >= 0.3 is 17.8 Å². The number of anilines is 1. The van der Waals surface area contributed by atoms with Crippen LogP contribution < -0.4 is 4.90 Å². The fraction of sp³-hybridized carbons (Fsp3) is 0.522. The number of hydrogen-bond acceptors (Lipinski definition) is 9. The molecular formula is C23H24Cl2F6N4O7S. The van der Waals surface area contributed by atoms with E-state index in [4.69, 9.17) is 46.9 Å². The van der Waals surface area contributed by atoms with Crippen molar-refractivity contribution in [1.29, 1.82) is 5.26 Å². The van der Waals surface area contributed by atoms with E-state index in [1.54, 1.807) is 0 Å². The molecule has 0 saturated carbocycles. The fourth-order valence-electron chi connectivity index (χ4n) is 3.19. The molecule has 0 fully saturated rings. The van der Waals surface area contributed by atoms with E-state index in [-0.39, 0.29) is 19.8 Å². The smallest absolute Gasteiger partial charge is 0.447 e. The van der Waals surface area contributed by atoms with Crippen molar-refractivity contribution in [2.75, 3.05) is 71.9 Å². The predicted octanol–water partition coefficient (Wildman–Crippen LogP) is 4.97. The molecule has 0 saturated heterocycles. The van der Waals surface area contributed by atoms with Gasteiger partial charge < -0.3 is 23.7 Å². The van der Waals surface area contributed by atoms with Gasteiger partial charge in [-0.1, -0.05) is 23.2 Å². The Labute approximate surface area is 253 Å². The average Bonchev–Trinajstić information content (AvgIpc) is 3.30. The van der Waals surface area contributed by atoms with E-state index in [0.717, 1.165) is 7.05 Å². The van der Waals surface area contributed by atoms with Crippen molar-refractivity contribution in [3.8, 4) is 11.8 Å². The van der Waals surface area contributed by atoms with E-state index < -0.39 is 72.9 Å². The molecule has 0 spiro atoms. The van der Waals surface area contributed by atoms with Crippen LogP contribution in [0, 0.1) is 11.3 Å². The molecule has 1 unspecified atom stereocenters. The fourth-order valence-corrected chi connectivity index (χ4v) is 4.72. The van der Waals surface area contributed by atoms with Gasteiger partial charge in [-0.3, -0.25) is 4.90 Å². The molecule has 0 radical (unpaired) electrons. The second kappa shape index (κ2) is 16.4. The summed E-state index contributed by atoms with van der Waals surface area (Å²) in [4.78, 5) is 11.9. The Hall–Kier alpha value is -2.66. The molecule has 1 amide bonds. The summed E-state index contributed by atoms with van der Waals surface area (Å²) in [5, 5.41) is 11.6. The summed E-state index contributed by atoms with van der Waals surface area (Å²) >= 11 is 12.0. The van der Waals surface area contributed by atoms with Gasteiger partial charge in [-0.05, 0) is 12.1 Å². The van der Waals surface area contributed by atoms with Gasteiger partial charge in [0.25, 0.3) is 0 Å². The zero-order valence-corrected chi connectivity index (χ0v) is 24.7. The van der Waals surface area contributed by atoms with Crippen molar-refractivity contribution in [3.05, 3.63) is 33.4 Å². The van der Waals surface area contributed by atoms with Crippen LogP contribution in [0.25, 0.3) is 5.69 Å². The number of methoxy groups -OCH3 is 1. The van der Waals surface area contributed by atoms with Gasteiger partial charge in [0, 0.05) is 14.2 Å². The highest BCUT2D eigenvalue weighted by Gasteiger charge is 2.44. The molecule has 1 atom stereocenters. The molecule has 0 N–H and O–H groups in total. The molecule has 2 rings (SSSR count). The summed E-state index contributed by atoms with van der Waals surface area (Å²) in [6.45, 7) is 1.20. The molecule has 240 valence electrons. The first-order chi connectivity index (χ1) is 20.1. The molecule has 11 nitrogen and oxygen atoms in total. The highest BCUT2D eigenvalue weighted by atomic mass is 35.5. The maximum absolute atomic E-state index is 13.5. The second-order valence-corrected chi connectivity index (χ2v) is 10.3. The third-order valence-corrected chi connectivity index (χ3v) is 6.84. The SMILES string of the molecule is COCCOCCOCCOCCOC(=O)N(C)c1c(S(=O)C(F)(F)F)c(C#N)nn1-c1c(Cl)cc(C(F)(F)F)cc1Cl. The zero-order chi connectivity index (χ0) is 32.4. The van der Waals surface area contributed by atoms with Crippen molar-refractivity contribution in [2.45, 2.75) is 16.6 Å². The number of benzene rings is 1. The summed E-state index contributed by atoms with van der Waals surface area (Å²) in [6.07, 6.45) is -6.22. The van der Waals surface area contributed by atoms with Gasteiger partial charge in [0.05, 0.1) is 61.9 Å². The van der Waals surface area contributed by atoms with Crippen LogP contribution >= 0.6 is 23.2 Å².